The van der Waals surface area contributed by atoms with Gasteiger partial charge < -0.3 is 10.1 Å². The molecule has 4 nitrogen and oxygen atoms in total. The lowest BCUT2D eigenvalue weighted by atomic mass is 10.0. The molecule has 1 aliphatic rings. The molecule has 6 heteroatoms. The van der Waals surface area contributed by atoms with Gasteiger partial charge in [-0.25, -0.2) is 4.98 Å². The summed E-state index contributed by atoms with van der Waals surface area (Å²) in [6, 6.07) is 8.40. The van der Waals surface area contributed by atoms with Crippen LogP contribution in [0.1, 0.15) is 42.3 Å². The van der Waals surface area contributed by atoms with Crippen molar-refractivity contribution in [2.75, 3.05) is 26.2 Å². The van der Waals surface area contributed by atoms with Crippen LogP contribution in [0.2, 0.25) is 5.02 Å². The quantitative estimate of drug-likeness (QED) is 0.838. The monoisotopic (exact) mass is 365 g/mol. The van der Waals surface area contributed by atoms with Crippen LogP contribution < -0.4 is 5.32 Å². The summed E-state index contributed by atoms with van der Waals surface area (Å²) in [4.78, 5) is 7.23. The molecule has 1 N–H and O–H groups in total. The lowest BCUT2D eigenvalue weighted by Crippen LogP contribution is -2.45. The SMILES string of the molecule is CCOC(C)c1nc(CN2CCNCC2c2ccccc2Cl)cs1. The largest absolute Gasteiger partial charge is 0.372 e. The first kappa shape index (κ1) is 17.8. The number of piperazine rings is 1. The highest BCUT2D eigenvalue weighted by atomic mass is 35.5. The van der Waals surface area contributed by atoms with Gasteiger partial charge in [0.1, 0.15) is 11.1 Å². The molecule has 0 radical (unpaired) electrons. The standard InChI is InChI=1S/C18H24ClN3OS/c1-3-23-13(2)18-21-14(12-24-18)11-22-9-8-20-10-17(22)15-6-4-5-7-16(15)19/h4-7,12-13,17,20H,3,8-11H2,1-2H3. The van der Waals surface area contributed by atoms with E-state index >= 15 is 0 Å². The molecule has 0 amide bonds. The molecule has 2 heterocycles. The molecule has 24 heavy (non-hydrogen) atoms. The van der Waals surface area contributed by atoms with E-state index in [1.54, 1.807) is 11.3 Å². The first-order chi connectivity index (χ1) is 11.7. The van der Waals surface area contributed by atoms with E-state index in [0.29, 0.717) is 6.61 Å². The molecule has 2 atom stereocenters. The second-order valence-electron chi connectivity index (χ2n) is 5.99. The minimum absolute atomic E-state index is 0.0659. The Balaban J connectivity index is 1.74. The number of aromatic nitrogens is 1. The summed E-state index contributed by atoms with van der Waals surface area (Å²) in [5.74, 6) is 0. The molecular weight excluding hydrogens is 342 g/mol. The van der Waals surface area contributed by atoms with Crippen LogP contribution in [0.4, 0.5) is 0 Å². The summed E-state index contributed by atoms with van der Waals surface area (Å²) in [6.45, 7) is 8.52. The third kappa shape index (κ3) is 4.16. The maximum atomic E-state index is 6.42. The van der Waals surface area contributed by atoms with E-state index in [4.69, 9.17) is 21.3 Å². The number of benzene rings is 1. The Labute approximate surface area is 152 Å². The third-order valence-corrected chi connectivity index (χ3v) is 5.72. The van der Waals surface area contributed by atoms with Crippen molar-refractivity contribution in [1.29, 1.82) is 0 Å². The van der Waals surface area contributed by atoms with Gasteiger partial charge in [-0.05, 0) is 25.5 Å². The fraction of sp³-hybridized carbons (Fsp3) is 0.500. The highest BCUT2D eigenvalue weighted by Gasteiger charge is 2.26. The Morgan fingerprint density at radius 3 is 3.08 bits per heavy atom. The van der Waals surface area contributed by atoms with Gasteiger partial charge in [0, 0.05) is 49.2 Å². The van der Waals surface area contributed by atoms with E-state index in [1.165, 1.54) is 5.56 Å². The molecule has 1 fully saturated rings. The van der Waals surface area contributed by atoms with Crippen molar-refractivity contribution in [3.8, 4) is 0 Å². The second kappa shape index (κ2) is 8.41. The fourth-order valence-electron chi connectivity index (χ4n) is 3.10. The van der Waals surface area contributed by atoms with Gasteiger partial charge >= 0.3 is 0 Å². The van der Waals surface area contributed by atoms with E-state index in [1.807, 2.05) is 19.1 Å². The number of thiazole rings is 1. The lowest BCUT2D eigenvalue weighted by molar-refractivity contribution is 0.0758. The van der Waals surface area contributed by atoms with Crippen LogP contribution >= 0.6 is 22.9 Å². The number of rotatable bonds is 6. The first-order valence-corrected chi connectivity index (χ1v) is 9.70. The Morgan fingerprint density at radius 1 is 1.46 bits per heavy atom. The fourth-order valence-corrected chi connectivity index (χ4v) is 4.17. The third-order valence-electron chi connectivity index (χ3n) is 4.32. The van der Waals surface area contributed by atoms with E-state index in [2.05, 4.69) is 34.7 Å². The topological polar surface area (TPSA) is 37.4 Å². The van der Waals surface area contributed by atoms with Crippen LogP contribution in [0.15, 0.2) is 29.6 Å². The number of hydrogen-bond acceptors (Lipinski definition) is 5. The van der Waals surface area contributed by atoms with Gasteiger partial charge in [-0.15, -0.1) is 11.3 Å². The van der Waals surface area contributed by atoms with Crippen LogP contribution in [0.5, 0.6) is 0 Å². The van der Waals surface area contributed by atoms with Crippen molar-refractivity contribution in [1.82, 2.24) is 15.2 Å². The van der Waals surface area contributed by atoms with Crippen molar-refractivity contribution in [3.05, 3.63) is 50.9 Å². The predicted molar refractivity (Wildman–Crippen MR) is 99.6 cm³/mol. The van der Waals surface area contributed by atoms with Crippen molar-refractivity contribution in [2.24, 2.45) is 0 Å². The minimum atomic E-state index is 0.0659. The van der Waals surface area contributed by atoms with Gasteiger partial charge in [0.05, 0.1) is 5.69 Å². The Kier molecular flexibility index (Phi) is 6.25. The van der Waals surface area contributed by atoms with E-state index in [-0.39, 0.29) is 12.1 Å². The molecule has 0 bridgehead atoms. The summed E-state index contributed by atoms with van der Waals surface area (Å²) in [7, 11) is 0. The molecule has 1 aromatic heterocycles. The Morgan fingerprint density at radius 2 is 2.29 bits per heavy atom. The molecule has 1 aliphatic heterocycles. The molecule has 1 saturated heterocycles. The summed E-state index contributed by atoms with van der Waals surface area (Å²) < 4.78 is 5.64. The van der Waals surface area contributed by atoms with Crippen molar-refractivity contribution < 1.29 is 4.74 Å². The average Bonchev–Trinajstić information content (AvgIpc) is 3.05. The highest BCUT2D eigenvalue weighted by Crippen LogP contribution is 2.30. The maximum absolute atomic E-state index is 6.42. The zero-order valence-corrected chi connectivity index (χ0v) is 15.7. The zero-order valence-electron chi connectivity index (χ0n) is 14.2. The van der Waals surface area contributed by atoms with Gasteiger partial charge in [0.25, 0.3) is 0 Å². The van der Waals surface area contributed by atoms with Gasteiger partial charge in [-0.1, -0.05) is 29.8 Å². The zero-order chi connectivity index (χ0) is 16.9. The van der Waals surface area contributed by atoms with Crippen LogP contribution in [-0.4, -0.2) is 36.1 Å². The van der Waals surface area contributed by atoms with Gasteiger partial charge in [0.2, 0.25) is 0 Å². The average molecular weight is 366 g/mol. The summed E-state index contributed by atoms with van der Waals surface area (Å²) >= 11 is 8.10. The molecule has 3 rings (SSSR count). The molecule has 2 aromatic rings. The molecule has 2 unspecified atom stereocenters. The van der Waals surface area contributed by atoms with Crippen LogP contribution in [0.25, 0.3) is 0 Å². The minimum Gasteiger partial charge on any atom is -0.372 e. The normalized spacial score (nSPS) is 20.2. The summed E-state index contributed by atoms with van der Waals surface area (Å²) in [5, 5.41) is 7.51. The first-order valence-electron chi connectivity index (χ1n) is 8.44. The van der Waals surface area contributed by atoms with E-state index in [9.17, 15) is 0 Å². The molecule has 0 spiro atoms. The Hall–Kier alpha value is -0.980. The Bertz CT molecular complexity index is 663. The lowest BCUT2D eigenvalue weighted by Gasteiger charge is -2.36. The molecule has 0 saturated carbocycles. The van der Waals surface area contributed by atoms with E-state index < -0.39 is 0 Å². The molecular formula is C18H24ClN3OS. The number of halogens is 1. The number of nitrogens with zero attached hydrogens (tertiary/aromatic N) is 2. The van der Waals surface area contributed by atoms with Crippen molar-refractivity contribution in [3.63, 3.8) is 0 Å². The molecule has 130 valence electrons. The maximum Gasteiger partial charge on any atom is 0.122 e. The van der Waals surface area contributed by atoms with Crippen LogP contribution in [0.3, 0.4) is 0 Å². The van der Waals surface area contributed by atoms with Crippen LogP contribution in [0, 0.1) is 0 Å². The van der Waals surface area contributed by atoms with Gasteiger partial charge in [-0.3, -0.25) is 4.90 Å². The predicted octanol–water partition coefficient (Wildman–Crippen LogP) is 4.04. The highest BCUT2D eigenvalue weighted by molar-refractivity contribution is 7.09. The number of nitrogens with one attached hydrogen (secondary N) is 1. The second-order valence-corrected chi connectivity index (χ2v) is 7.28. The molecule has 0 aliphatic carbocycles. The summed E-state index contributed by atoms with van der Waals surface area (Å²) in [5.41, 5.74) is 2.30. The number of ether oxygens (including phenoxy) is 1. The van der Waals surface area contributed by atoms with Crippen LogP contribution in [-0.2, 0) is 11.3 Å². The molecule has 1 aromatic carbocycles. The summed E-state index contributed by atoms with van der Waals surface area (Å²) in [6.07, 6.45) is 0.0659. The van der Waals surface area contributed by atoms with Gasteiger partial charge in [-0.2, -0.15) is 0 Å². The van der Waals surface area contributed by atoms with Crippen molar-refractivity contribution in [2.45, 2.75) is 32.5 Å². The number of hydrogen-bond donors (Lipinski definition) is 1. The van der Waals surface area contributed by atoms with Gasteiger partial charge in [0.15, 0.2) is 0 Å². The van der Waals surface area contributed by atoms with E-state index in [0.717, 1.165) is 41.9 Å². The smallest absolute Gasteiger partial charge is 0.122 e. The van der Waals surface area contributed by atoms with Crippen molar-refractivity contribution >= 4 is 22.9 Å².